The first-order valence-corrected chi connectivity index (χ1v) is 7.29. The normalized spacial score (nSPS) is 16.4. The summed E-state index contributed by atoms with van der Waals surface area (Å²) in [7, 11) is 1.26. The number of alkyl halides is 6. The standard InChI is InChI=1S/C15H15F6NO3/c1-24-12-4-2-3-11(14(16,17)18)10(12)6-5-9-7-22(8-9)25-13(23)15(19,20)21/h2-4,9H,5-8H2,1H3. The largest absolute Gasteiger partial charge is 0.496 e. The number of hydroxylamine groups is 2. The first-order valence-electron chi connectivity index (χ1n) is 7.29. The van der Waals surface area contributed by atoms with Crippen LogP contribution in [0.5, 0.6) is 5.75 Å². The van der Waals surface area contributed by atoms with Crippen LogP contribution in [-0.4, -0.2) is 37.4 Å². The van der Waals surface area contributed by atoms with Crippen molar-refractivity contribution in [3.05, 3.63) is 29.3 Å². The number of methoxy groups -OCH3 is 1. The minimum atomic E-state index is -5.08. The number of carbonyl (C=O) groups excluding carboxylic acids is 1. The molecule has 140 valence electrons. The van der Waals surface area contributed by atoms with Gasteiger partial charge in [-0.15, -0.1) is 5.06 Å². The Hall–Kier alpha value is -1.97. The zero-order valence-electron chi connectivity index (χ0n) is 13.1. The second-order valence-corrected chi connectivity index (χ2v) is 5.61. The van der Waals surface area contributed by atoms with E-state index in [-0.39, 0.29) is 36.7 Å². The number of carbonyl (C=O) groups is 1. The van der Waals surface area contributed by atoms with Gasteiger partial charge in [0.15, 0.2) is 0 Å². The summed E-state index contributed by atoms with van der Waals surface area (Å²) in [4.78, 5) is 14.8. The van der Waals surface area contributed by atoms with E-state index in [1.807, 2.05) is 0 Å². The number of halogens is 6. The molecular weight excluding hydrogens is 356 g/mol. The van der Waals surface area contributed by atoms with E-state index in [1.54, 1.807) is 0 Å². The van der Waals surface area contributed by atoms with Gasteiger partial charge in [-0.1, -0.05) is 6.07 Å². The third kappa shape index (κ3) is 4.77. The smallest absolute Gasteiger partial charge is 0.492 e. The molecule has 1 aromatic rings. The van der Waals surface area contributed by atoms with Crippen molar-refractivity contribution in [2.75, 3.05) is 20.2 Å². The van der Waals surface area contributed by atoms with Crippen molar-refractivity contribution in [2.45, 2.75) is 25.2 Å². The minimum Gasteiger partial charge on any atom is -0.496 e. The highest BCUT2D eigenvalue weighted by Gasteiger charge is 2.44. The molecule has 0 bridgehead atoms. The maximum atomic E-state index is 13.1. The van der Waals surface area contributed by atoms with E-state index in [1.165, 1.54) is 19.2 Å². The Labute approximate surface area is 139 Å². The molecule has 2 rings (SSSR count). The van der Waals surface area contributed by atoms with Gasteiger partial charge in [0, 0.05) is 18.7 Å². The molecule has 0 amide bonds. The molecule has 25 heavy (non-hydrogen) atoms. The first-order chi connectivity index (χ1) is 11.5. The fourth-order valence-electron chi connectivity index (χ4n) is 2.58. The Morgan fingerprint density at radius 2 is 1.84 bits per heavy atom. The van der Waals surface area contributed by atoms with Crippen LogP contribution in [0.2, 0.25) is 0 Å². The van der Waals surface area contributed by atoms with Gasteiger partial charge in [-0.3, -0.25) is 0 Å². The summed E-state index contributed by atoms with van der Waals surface area (Å²) in [5, 5.41) is 0.841. The first kappa shape index (κ1) is 19.4. The van der Waals surface area contributed by atoms with Crippen molar-refractivity contribution in [3.63, 3.8) is 0 Å². The quantitative estimate of drug-likeness (QED) is 0.742. The van der Waals surface area contributed by atoms with E-state index in [2.05, 4.69) is 4.84 Å². The van der Waals surface area contributed by atoms with Gasteiger partial charge in [0.1, 0.15) is 5.75 Å². The second-order valence-electron chi connectivity index (χ2n) is 5.61. The van der Waals surface area contributed by atoms with Crippen molar-refractivity contribution in [2.24, 2.45) is 5.92 Å². The summed E-state index contributed by atoms with van der Waals surface area (Å²) in [5.41, 5.74) is -0.797. The molecular formula is C15H15F6NO3. The Morgan fingerprint density at radius 3 is 2.36 bits per heavy atom. The number of hydrogen-bond acceptors (Lipinski definition) is 4. The third-order valence-electron chi connectivity index (χ3n) is 3.83. The maximum Gasteiger partial charge on any atom is 0.492 e. The van der Waals surface area contributed by atoms with E-state index >= 15 is 0 Å². The van der Waals surface area contributed by atoms with Crippen molar-refractivity contribution in [1.82, 2.24) is 5.06 Å². The van der Waals surface area contributed by atoms with Crippen molar-refractivity contribution >= 4 is 5.97 Å². The van der Waals surface area contributed by atoms with Crippen LogP contribution in [0.1, 0.15) is 17.5 Å². The monoisotopic (exact) mass is 371 g/mol. The van der Waals surface area contributed by atoms with Crippen LogP contribution >= 0.6 is 0 Å². The summed E-state index contributed by atoms with van der Waals surface area (Å²) < 4.78 is 80.4. The fraction of sp³-hybridized carbons (Fsp3) is 0.533. The average molecular weight is 371 g/mol. The summed E-state index contributed by atoms with van der Waals surface area (Å²) in [6.45, 7) is 0.0800. The molecule has 1 fully saturated rings. The SMILES string of the molecule is COc1cccc(C(F)(F)F)c1CCC1CN(OC(=O)C(F)(F)F)C1. The van der Waals surface area contributed by atoms with Gasteiger partial charge in [-0.2, -0.15) is 26.3 Å². The third-order valence-corrected chi connectivity index (χ3v) is 3.83. The van der Waals surface area contributed by atoms with Gasteiger partial charge in [-0.05, 0) is 30.9 Å². The van der Waals surface area contributed by atoms with E-state index < -0.39 is 23.9 Å². The van der Waals surface area contributed by atoms with Crippen LogP contribution in [0.15, 0.2) is 18.2 Å². The molecule has 0 saturated carbocycles. The summed E-state index contributed by atoms with van der Waals surface area (Å²) >= 11 is 0. The molecule has 10 heteroatoms. The second kappa shape index (κ2) is 7.11. The molecule has 4 nitrogen and oxygen atoms in total. The van der Waals surface area contributed by atoms with Gasteiger partial charge in [0.2, 0.25) is 0 Å². The zero-order valence-corrected chi connectivity index (χ0v) is 13.1. The van der Waals surface area contributed by atoms with Crippen LogP contribution in [0, 0.1) is 5.92 Å². The van der Waals surface area contributed by atoms with Crippen LogP contribution in [0.3, 0.4) is 0 Å². The molecule has 0 spiro atoms. The summed E-state index contributed by atoms with van der Waals surface area (Å²) in [6.07, 6.45) is -9.27. The van der Waals surface area contributed by atoms with Gasteiger partial charge < -0.3 is 9.57 Å². The molecule has 0 N–H and O–H groups in total. The molecule has 1 aliphatic rings. The number of benzene rings is 1. The molecule has 0 unspecified atom stereocenters. The highest BCUT2D eigenvalue weighted by atomic mass is 19.4. The zero-order chi connectivity index (χ0) is 18.8. The van der Waals surface area contributed by atoms with Crippen molar-refractivity contribution in [1.29, 1.82) is 0 Å². The van der Waals surface area contributed by atoms with E-state index in [0.29, 0.717) is 6.42 Å². The lowest BCUT2D eigenvalue weighted by molar-refractivity contribution is -0.258. The lowest BCUT2D eigenvalue weighted by Gasteiger charge is -2.37. The van der Waals surface area contributed by atoms with Crippen LogP contribution in [-0.2, 0) is 22.2 Å². The van der Waals surface area contributed by atoms with Crippen molar-refractivity contribution in [3.8, 4) is 5.75 Å². The number of nitrogens with zero attached hydrogens (tertiary/aromatic N) is 1. The van der Waals surface area contributed by atoms with Crippen molar-refractivity contribution < 1.29 is 40.7 Å². The molecule has 0 aromatic heterocycles. The Bertz CT molecular complexity index is 623. The summed E-state index contributed by atoms with van der Waals surface area (Å²) in [6, 6.07) is 3.62. The molecule has 0 atom stereocenters. The fourth-order valence-corrected chi connectivity index (χ4v) is 2.58. The highest BCUT2D eigenvalue weighted by Crippen LogP contribution is 2.37. The highest BCUT2D eigenvalue weighted by molar-refractivity contribution is 5.75. The Morgan fingerprint density at radius 1 is 1.20 bits per heavy atom. The number of rotatable bonds is 5. The molecule has 0 radical (unpaired) electrons. The molecule has 1 heterocycles. The van der Waals surface area contributed by atoms with Crippen LogP contribution in [0.25, 0.3) is 0 Å². The predicted molar refractivity (Wildman–Crippen MR) is 73.5 cm³/mol. The number of hydrogen-bond donors (Lipinski definition) is 0. The molecule has 1 aromatic carbocycles. The van der Waals surface area contributed by atoms with E-state index in [0.717, 1.165) is 11.1 Å². The van der Waals surface area contributed by atoms with Gasteiger partial charge in [0.05, 0.1) is 12.7 Å². The lowest BCUT2D eigenvalue weighted by atomic mass is 9.92. The maximum absolute atomic E-state index is 13.1. The van der Waals surface area contributed by atoms with E-state index in [9.17, 15) is 31.1 Å². The molecule has 1 aliphatic heterocycles. The molecule has 0 aliphatic carbocycles. The van der Waals surface area contributed by atoms with Gasteiger partial charge in [0.25, 0.3) is 0 Å². The summed E-state index contributed by atoms with van der Waals surface area (Å²) in [5.74, 6) is -2.38. The van der Waals surface area contributed by atoms with Crippen LogP contribution in [0.4, 0.5) is 26.3 Å². The minimum absolute atomic E-state index is 0.00300. The Kier molecular flexibility index (Phi) is 5.50. The van der Waals surface area contributed by atoms with Crippen LogP contribution < -0.4 is 4.74 Å². The van der Waals surface area contributed by atoms with Gasteiger partial charge in [-0.25, -0.2) is 4.79 Å². The van der Waals surface area contributed by atoms with E-state index in [4.69, 9.17) is 4.74 Å². The van der Waals surface area contributed by atoms with Gasteiger partial charge >= 0.3 is 18.3 Å². The Balaban J connectivity index is 1.93. The predicted octanol–water partition coefficient (Wildman–Crippen LogP) is 3.60. The topological polar surface area (TPSA) is 38.8 Å². The lowest BCUT2D eigenvalue weighted by Crippen LogP contribution is -2.49. The average Bonchev–Trinajstić information content (AvgIpc) is 2.46. The number of ether oxygens (including phenoxy) is 1. The molecule has 1 saturated heterocycles.